The van der Waals surface area contributed by atoms with Crippen LogP contribution in [0.2, 0.25) is 5.02 Å². The number of aliphatic hydroxyl groups excluding tert-OH is 1. The minimum Gasteiger partial charge on any atom is -0.746 e. The van der Waals surface area contributed by atoms with E-state index in [0.717, 1.165) is 5.56 Å². The average molecular weight is 584 g/mol. The summed E-state index contributed by atoms with van der Waals surface area (Å²) in [7, 11) is -5.20. The van der Waals surface area contributed by atoms with Crippen LogP contribution in [0.15, 0.2) is 24.3 Å². The summed E-state index contributed by atoms with van der Waals surface area (Å²) in [4.78, 5) is 37.6. The van der Waals surface area contributed by atoms with Gasteiger partial charge < -0.3 is 30.3 Å². The first-order valence-electron chi connectivity index (χ1n) is 12.0. The number of amides is 3. The Morgan fingerprint density at radius 1 is 1.29 bits per heavy atom. The summed E-state index contributed by atoms with van der Waals surface area (Å²) in [6.45, 7) is 7.68. The van der Waals surface area contributed by atoms with Gasteiger partial charge in [-0.05, 0) is 42.9 Å². The molecule has 0 aliphatic carbocycles. The molecule has 4 N–H and O–H groups in total. The topological polar surface area (TPSA) is 174 Å². The van der Waals surface area contributed by atoms with Crippen molar-refractivity contribution in [3.8, 4) is 0 Å². The molecule has 1 saturated heterocycles. The number of halogens is 1. The molecule has 3 amide bonds. The Hall–Kier alpha value is -1.41. The normalized spacial score (nSPS) is 18.1. The summed E-state index contributed by atoms with van der Waals surface area (Å²) in [5.41, 5.74) is -2.21. The zero-order valence-corrected chi connectivity index (χ0v) is 25.9. The Kier molecular flexibility index (Phi) is 13.5. The maximum atomic E-state index is 13.1. The number of rotatable bonds is 12. The molecule has 1 aliphatic heterocycles. The van der Waals surface area contributed by atoms with E-state index in [1.165, 1.54) is 0 Å². The number of carbonyl (C=O) groups is 3. The van der Waals surface area contributed by atoms with Gasteiger partial charge in [-0.15, -0.1) is 0 Å². The molecule has 4 atom stereocenters. The van der Waals surface area contributed by atoms with Crippen LogP contribution in [-0.4, -0.2) is 66.7 Å². The van der Waals surface area contributed by atoms with Gasteiger partial charge in [-0.1, -0.05) is 51.4 Å². The fourth-order valence-electron chi connectivity index (χ4n) is 4.03. The SMILES string of the molecule is CC(C)C[C@H](NC(=O)OCC(C)(C)c1cccc(Cl)c1)C(=O)N[C@@H](C[C@@H]1CCNC1=O)C(O)S(=O)(=O)[O-].[Na+]. The van der Waals surface area contributed by atoms with Gasteiger partial charge in [0.15, 0.2) is 5.44 Å². The van der Waals surface area contributed by atoms with Gasteiger partial charge >= 0.3 is 35.7 Å². The van der Waals surface area contributed by atoms with E-state index >= 15 is 0 Å². The van der Waals surface area contributed by atoms with Crippen LogP contribution >= 0.6 is 11.6 Å². The van der Waals surface area contributed by atoms with Crippen molar-refractivity contribution in [2.75, 3.05) is 13.2 Å². The fourth-order valence-corrected chi connectivity index (χ4v) is 4.80. The number of alkyl carbamates (subject to hydrolysis) is 1. The number of aliphatic hydroxyl groups is 1. The third-order valence-electron chi connectivity index (χ3n) is 6.15. The van der Waals surface area contributed by atoms with Crippen molar-refractivity contribution in [3.63, 3.8) is 0 Å². The van der Waals surface area contributed by atoms with Crippen molar-refractivity contribution < 1.29 is 66.8 Å². The third kappa shape index (κ3) is 10.6. The summed E-state index contributed by atoms with van der Waals surface area (Å²) in [6, 6.07) is 4.43. The number of hydrogen-bond donors (Lipinski definition) is 4. The molecule has 0 aromatic heterocycles. The van der Waals surface area contributed by atoms with Gasteiger partial charge in [0.25, 0.3) is 0 Å². The number of hydrogen-bond acceptors (Lipinski definition) is 8. The minimum atomic E-state index is -5.20. The summed E-state index contributed by atoms with van der Waals surface area (Å²) in [6.07, 6.45) is -0.610. The van der Waals surface area contributed by atoms with Crippen molar-refractivity contribution in [2.24, 2.45) is 11.8 Å². The molecule has 1 aromatic rings. The van der Waals surface area contributed by atoms with Gasteiger partial charge in [0.1, 0.15) is 22.8 Å². The summed E-state index contributed by atoms with van der Waals surface area (Å²) >= 11 is 6.06. The van der Waals surface area contributed by atoms with Crippen molar-refractivity contribution in [2.45, 2.75) is 69.9 Å². The van der Waals surface area contributed by atoms with Gasteiger partial charge in [0.05, 0.1) is 6.04 Å². The second-order valence-corrected chi connectivity index (χ2v) is 12.2. The fraction of sp³-hybridized carbons (Fsp3) is 0.625. The first-order chi connectivity index (χ1) is 17.1. The average Bonchev–Trinajstić information content (AvgIpc) is 3.19. The first kappa shape index (κ1) is 34.6. The second-order valence-electron chi connectivity index (χ2n) is 10.3. The Morgan fingerprint density at radius 2 is 1.95 bits per heavy atom. The molecule has 0 radical (unpaired) electrons. The molecule has 2 rings (SSSR count). The summed E-state index contributed by atoms with van der Waals surface area (Å²) < 4.78 is 39.9. The van der Waals surface area contributed by atoms with Crippen LogP contribution in [0.1, 0.15) is 52.5 Å². The molecule has 1 heterocycles. The largest absolute Gasteiger partial charge is 1.00 e. The van der Waals surface area contributed by atoms with E-state index < -0.39 is 51.0 Å². The number of carbonyl (C=O) groups excluding carboxylic acids is 3. The number of nitrogens with one attached hydrogen (secondary N) is 3. The van der Waals surface area contributed by atoms with Crippen molar-refractivity contribution in [3.05, 3.63) is 34.9 Å². The standard InChI is InChI=1S/C24H36ClN3O8S.Na/c1-14(2)10-18(28-23(32)36-13-24(3,4)16-6-5-7-17(25)12-16)21(30)27-19(22(31)37(33,34)35)11-15-8-9-26-20(15)29;/h5-7,12,14-15,18-19,22,31H,8-11,13H2,1-4H3,(H,26,29)(H,27,30)(H,28,32)(H,33,34,35);/q;+1/p-1/t15-,18-,19-,22?;/m0./s1. The maximum Gasteiger partial charge on any atom is 1.00 e. The molecule has 14 heteroatoms. The molecule has 0 bridgehead atoms. The van der Waals surface area contributed by atoms with E-state index in [0.29, 0.717) is 18.0 Å². The molecule has 11 nitrogen and oxygen atoms in total. The van der Waals surface area contributed by atoms with E-state index in [2.05, 4.69) is 16.0 Å². The van der Waals surface area contributed by atoms with E-state index in [-0.39, 0.29) is 60.8 Å². The zero-order valence-electron chi connectivity index (χ0n) is 22.3. The number of benzene rings is 1. The van der Waals surface area contributed by atoms with Crippen LogP contribution in [-0.2, 0) is 29.9 Å². The Balaban J connectivity index is 0.00000722. The van der Waals surface area contributed by atoms with Gasteiger partial charge in [-0.2, -0.15) is 0 Å². The van der Waals surface area contributed by atoms with E-state index in [4.69, 9.17) is 16.3 Å². The predicted octanol–water partition coefficient (Wildman–Crippen LogP) is -1.36. The van der Waals surface area contributed by atoms with Crippen LogP contribution in [0.3, 0.4) is 0 Å². The molecule has 208 valence electrons. The molecule has 0 spiro atoms. The van der Waals surface area contributed by atoms with Crippen LogP contribution in [0.25, 0.3) is 0 Å². The van der Waals surface area contributed by atoms with Crippen molar-refractivity contribution in [1.82, 2.24) is 16.0 Å². The third-order valence-corrected chi connectivity index (χ3v) is 7.31. The van der Waals surface area contributed by atoms with Gasteiger partial charge in [-0.3, -0.25) is 9.59 Å². The quantitative estimate of drug-likeness (QED) is 0.172. The van der Waals surface area contributed by atoms with Crippen LogP contribution in [0.4, 0.5) is 4.79 Å². The van der Waals surface area contributed by atoms with Crippen LogP contribution in [0.5, 0.6) is 0 Å². The second kappa shape index (κ2) is 14.8. The smallest absolute Gasteiger partial charge is 0.746 e. The predicted molar refractivity (Wildman–Crippen MR) is 136 cm³/mol. The van der Waals surface area contributed by atoms with Gasteiger partial charge in [0, 0.05) is 22.9 Å². The zero-order chi connectivity index (χ0) is 28.0. The minimum absolute atomic E-state index is 0. The Labute approximate surface area is 250 Å². The van der Waals surface area contributed by atoms with E-state index in [1.807, 2.05) is 33.8 Å². The molecule has 1 aromatic carbocycles. The molecule has 1 unspecified atom stereocenters. The maximum absolute atomic E-state index is 13.1. The first-order valence-corrected chi connectivity index (χ1v) is 13.8. The van der Waals surface area contributed by atoms with Crippen molar-refractivity contribution >= 4 is 39.6 Å². The van der Waals surface area contributed by atoms with Gasteiger partial charge in [-0.25, -0.2) is 13.2 Å². The van der Waals surface area contributed by atoms with E-state index in [9.17, 15) is 32.5 Å². The summed E-state index contributed by atoms with van der Waals surface area (Å²) in [5.74, 6) is -1.92. The molecule has 38 heavy (non-hydrogen) atoms. The van der Waals surface area contributed by atoms with Gasteiger partial charge in [0.2, 0.25) is 11.8 Å². The van der Waals surface area contributed by atoms with Crippen LogP contribution in [0, 0.1) is 11.8 Å². The molecule has 0 saturated carbocycles. The molecular weight excluding hydrogens is 549 g/mol. The number of ether oxygens (including phenoxy) is 1. The molecule has 1 fully saturated rings. The van der Waals surface area contributed by atoms with E-state index in [1.54, 1.807) is 18.2 Å². The Morgan fingerprint density at radius 3 is 2.47 bits per heavy atom. The Bertz CT molecular complexity index is 1090. The van der Waals surface area contributed by atoms with Crippen molar-refractivity contribution in [1.29, 1.82) is 0 Å². The summed E-state index contributed by atoms with van der Waals surface area (Å²) in [5, 5.41) is 18.1. The molecule has 1 aliphatic rings. The monoisotopic (exact) mass is 583 g/mol. The molecular formula is C24H35ClN3NaO8S. The van der Waals surface area contributed by atoms with Crippen LogP contribution < -0.4 is 45.5 Å².